The molecule has 3 nitrogen and oxygen atoms in total. The summed E-state index contributed by atoms with van der Waals surface area (Å²) in [6.45, 7) is 2.07. The Morgan fingerprint density at radius 2 is 2.00 bits per heavy atom. The van der Waals surface area contributed by atoms with E-state index in [1.54, 1.807) is 0 Å². The lowest BCUT2D eigenvalue weighted by atomic mass is 10.0. The molecule has 0 spiro atoms. The average Bonchev–Trinajstić information content (AvgIpc) is 2.52. The van der Waals surface area contributed by atoms with E-state index < -0.39 is 5.82 Å². The number of nitrogens with one attached hydrogen (secondary N) is 1. The number of ether oxygens (including phenoxy) is 1. The van der Waals surface area contributed by atoms with Crippen LogP contribution in [0.3, 0.4) is 0 Å². The van der Waals surface area contributed by atoms with Gasteiger partial charge in [-0.25, -0.2) is 4.39 Å². The van der Waals surface area contributed by atoms with Crippen molar-refractivity contribution in [2.45, 2.75) is 19.4 Å². The van der Waals surface area contributed by atoms with Gasteiger partial charge < -0.3 is 10.1 Å². The minimum Gasteiger partial charge on any atom is -0.454 e. The predicted octanol–water partition coefficient (Wildman–Crippen LogP) is 4.16. The smallest absolute Gasteiger partial charge is 0.167 e. The number of halogens is 1. The zero-order valence-electron chi connectivity index (χ0n) is 12.1. The van der Waals surface area contributed by atoms with Gasteiger partial charge in [0.2, 0.25) is 0 Å². The topological polar surface area (TPSA) is 45.0 Å². The largest absolute Gasteiger partial charge is 0.454 e. The molecule has 2 aromatic rings. The number of rotatable bonds is 5. The molecule has 1 unspecified atom stereocenters. The molecule has 0 bridgehead atoms. The normalized spacial score (nSPS) is 11.7. The van der Waals surface area contributed by atoms with Crippen LogP contribution < -0.4 is 10.1 Å². The van der Waals surface area contributed by atoms with Crippen LogP contribution in [0.25, 0.3) is 0 Å². The summed E-state index contributed by atoms with van der Waals surface area (Å²) in [6, 6.07) is 13.8. The summed E-state index contributed by atoms with van der Waals surface area (Å²) >= 11 is 0. The molecule has 0 saturated heterocycles. The lowest BCUT2D eigenvalue weighted by Crippen LogP contribution is -2.15. The maximum atomic E-state index is 13.9. The van der Waals surface area contributed by atoms with Crippen molar-refractivity contribution in [2.24, 2.45) is 0 Å². The zero-order valence-corrected chi connectivity index (χ0v) is 12.1. The fourth-order valence-electron chi connectivity index (χ4n) is 2.21. The van der Waals surface area contributed by atoms with Gasteiger partial charge in [0.1, 0.15) is 5.75 Å². The third-order valence-corrected chi connectivity index (χ3v) is 3.33. The maximum absolute atomic E-state index is 13.9. The van der Waals surface area contributed by atoms with Crippen LogP contribution in [0.2, 0.25) is 0 Å². The molecule has 0 aliphatic carbocycles. The van der Waals surface area contributed by atoms with Crippen LogP contribution in [0.4, 0.5) is 4.39 Å². The highest BCUT2D eigenvalue weighted by molar-refractivity contribution is 5.42. The number of para-hydroxylation sites is 1. The van der Waals surface area contributed by atoms with Crippen LogP contribution in [-0.4, -0.2) is 7.05 Å². The Morgan fingerprint density at radius 3 is 2.62 bits per heavy atom. The Bertz CT molecular complexity index is 660. The minimum absolute atomic E-state index is 0.118. The summed E-state index contributed by atoms with van der Waals surface area (Å²) < 4.78 is 19.6. The van der Waals surface area contributed by atoms with Gasteiger partial charge in [-0.15, -0.1) is 0 Å². The molecule has 21 heavy (non-hydrogen) atoms. The van der Waals surface area contributed by atoms with Gasteiger partial charge in [-0.3, -0.25) is 0 Å². The van der Waals surface area contributed by atoms with Gasteiger partial charge in [-0.2, -0.15) is 5.26 Å². The van der Waals surface area contributed by atoms with Gasteiger partial charge in [0.15, 0.2) is 11.6 Å². The fourth-order valence-corrected chi connectivity index (χ4v) is 2.21. The van der Waals surface area contributed by atoms with E-state index in [-0.39, 0.29) is 17.4 Å². The van der Waals surface area contributed by atoms with Crippen molar-refractivity contribution >= 4 is 0 Å². The third-order valence-electron chi connectivity index (χ3n) is 3.33. The van der Waals surface area contributed by atoms with E-state index in [0.29, 0.717) is 5.75 Å². The van der Waals surface area contributed by atoms with Gasteiger partial charge in [0.25, 0.3) is 0 Å². The first kappa shape index (κ1) is 15.0. The first-order chi connectivity index (χ1) is 10.2. The van der Waals surface area contributed by atoms with Gasteiger partial charge in [0.05, 0.1) is 11.6 Å². The van der Waals surface area contributed by atoms with Crippen LogP contribution in [0.1, 0.15) is 30.5 Å². The van der Waals surface area contributed by atoms with E-state index in [0.717, 1.165) is 12.0 Å². The fraction of sp³-hybridized carbons (Fsp3) is 0.235. The minimum atomic E-state index is -0.540. The predicted molar refractivity (Wildman–Crippen MR) is 79.7 cm³/mol. The Morgan fingerprint density at radius 1 is 1.24 bits per heavy atom. The number of benzene rings is 2. The summed E-state index contributed by atoms with van der Waals surface area (Å²) in [5, 5.41) is 12.0. The molecule has 0 amide bonds. The van der Waals surface area contributed by atoms with Gasteiger partial charge in [-0.05, 0) is 37.7 Å². The standard InChI is InChI=1S/C17H17FN2O/c1-3-15(20-2)13-6-4-5-7-16(13)21-17-9-8-12(11-19)10-14(17)18/h4-10,15,20H,3H2,1-2H3. The maximum Gasteiger partial charge on any atom is 0.167 e. The molecule has 0 aromatic heterocycles. The molecule has 1 N–H and O–H groups in total. The number of nitrogens with zero attached hydrogens (tertiary/aromatic N) is 1. The van der Waals surface area contributed by atoms with Crippen molar-refractivity contribution in [2.75, 3.05) is 7.05 Å². The summed E-state index contributed by atoms with van der Waals surface area (Å²) in [7, 11) is 1.88. The van der Waals surface area contributed by atoms with Crippen molar-refractivity contribution < 1.29 is 9.13 Å². The molecule has 108 valence electrons. The first-order valence-corrected chi connectivity index (χ1v) is 6.83. The molecule has 0 aliphatic rings. The van der Waals surface area contributed by atoms with E-state index in [1.165, 1.54) is 18.2 Å². The Labute approximate surface area is 124 Å². The number of nitriles is 1. The van der Waals surface area contributed by atoms with Crippen LogP contribution in [-0.2, 0) is 0 Å². The zero-order chi connectivity index (χ0) is 15.2. The molecule has 0 heterocycles. The highest BCUT2D eigenvalue weighted by atomic mass is 19.1. The molecule has 0 radical (unpaired) electrons. The van der Waals surface area contributed by atoms with Crippen molar-refractivity contribution in [1.29, 1.82) is 5.26 Å². The lowest BCUT2D eigenvalue weighted by Gasteiger charge is -2.18. The molecule has 2 aromatic carbocycles. The molecule has 0 saturated carbocycles. The van der Waals surface area contributed by atoms with Crippen molar-refractivity contribution in [3.63, 3.8) is 0 Å². The van der Waals surface area contributed by atoms with E-state index in [9.17, 15) is 4.39 Å². The second kappa shape index (κ2) is 6.87. The number of hydrogen-bond donors (Lipinski definition) is 1. The molecule has 4 heteroatoms. The summed E-state index contributed by atoms with van der Waals surface area (Å²) in [5.74, 6) is 0.191. The molecular weight excluding hydrogens is 267 g/mol. The van der Waals surface area contributed by atoms with Gasteiger partial charge >= 0.3 is 0 Å². The van der Waals surface area contributed by atoms with E-state index in [2.05, 4.69) is 12.2 Å². The van der Waals surface area contributed by atoms with Crippen molar-refractivity contribution in [3.05, 3.63) is 59.4 Å². The molecule has 2 rings (SSSR count). The van der Waals surface area contributed by atoms with E-state index in [1.807, 2.05) is 37.4 Å². The van der Waals surface area contributed by atoms with Crippen molar-refractivity contribution in [1.82, 2.24) is 5.32 Å². The summed E-state index contributed by atoms with van der Waals surface area (Å²) in [6.07, 6.45) is 0.896. The van der Waals surface area contributed by atoms with Crippen LogP contribution in [0.5, 0.6) is 11.5 Å². The molecule has 0 fully saturated rings. The first-order valence-electron chi connectivity index (χ1n) is 6.83. The highest BCUT2D eigenvalue weighted by Gasteiger charge is 2.14. The second-order valence-electron chi connectivity index (χ2n) is 4.65. The Balaban J connectivity index is 2.34. The summed E-state index contributed by atoms with van der Waals surface area (Å²) in [4.78, 5) is 0. The summed E-state index contributed by atoms with van der Waals surface area (Å²) in [5.41, 5.74) is 1.25. The van der Waals surface area contributed by atoms with E-state index >= 15 is 0 Å². The average molecular weight is 284 g/mol. The van der Waals surface area contributed by atoms with E-state index in [4.69, 9.17) is 10.00 Å². The van der Waals surface area contributed by atoms with Crippen LogP contribution in [0.15, 0.2) is 42.5 Å². The highest BCUT2D eigenvalue weighted by Crippen LogP contribution is 2.32. The molecular formula is C17H17FN2O. The van der Waals surface area contributed by atoms with Crippen LogP contribution in [0, 0.1) is 17.1 Å². The molecule has 0 aliphatic heterocycles. The monoisotopic (exact) mass is 284 g/mol. The quantitative estimate of drug-likeness (QED) is 0.896. The molecule has 1 atom stereocenters. The van der Waals surface area contributed by atoms with Crippen LogP contribution >= 0.6 is 0 Å². The van der Waals surface area contributed by atoms with Gasteiger partial charge in [-0.1, -0.05) is 25.1 Å². The second-order valence-corrected chi connectivity index (χ2v) is 4.65. The van der Waals surface area contributed by atoms with Crippen molar-refractivity contribution in [3.8, 4) is 17.6 Å². The Kier molecular flexibility index (Phi) is 4.91. The van der Waals surface area contributed by atoms with Gasteiger partial charge in [0, 0.05) is 11.6 Å². The third kappa shape index (κ3) is 3.39. The Hall–Kier alpha value is -2.38. The SMILES string of the molecule is CCC(NC)c1ccccc1Oc1ccc(C#N)cc1F. The lowest BCUT2D eigenvalue weighted by molar-refractivity contribution is 0.427. The number of hydrogen-bond acceptors (Lipinski definition) is 3.